The van der Waals surface area contributed by atoms with Crippen LogP contribution in [0.1, 0.15) is 45.3 Å². The Morgan fingerprint density at radius 3 is 2.09 bits per heavy atom. The molecule has 46 heavy (non-hydrogen) atoms. The van der Waals surface area contributed by atoms with E-state index in [2.05, 4.69) is 15.2 Å². The predicted octanol–water partition coefficient (Wildman–Crippen LogP) is 4.93. The lowest BCUT2D eigenvalue weighted by atomic mass is 10.1. The first-order valence-corrected chi connectivity index (χ1v) is 14.5. The zero-order valence-corrected chi connectivity index (χ0v) is 25.2. The zero-order chi connectivity index (χ0) is 32.9. The molecule has 1 aliphatic rings. The number of alkyl halides is 3. The summed E-state index contributed by atoms with van der Waals surface area (Å²) in [4.78, 5) is 45.6. The van der Waals surface area contributed by atoms with E-state index in [0.717, 1.165) is 9.58 Å². The smallest absolute Gasteiger partial charge is 0.382 e. The van der Waals surface area contributed by atoms with Gasteiger partial charge in [0.2, 0.25) is 0 Å². The van der Waals surface area contributed by atoms with Crippen molar-refractivity contribution in [3.05, 3.63) is 116 Å². The molecule has 0 unspecified atom stereocenters. The second-order valence-electron chi connectivity index (χ2n) is 10.4. The summed E-state index contributed by atoms with van der Waals surface area (Å²) in [7, 11) is 0. The molecule has 3 heterocycles. The Hall–Kier alpha value is -4.79. The van der Waals surface area contributed by atoms with E-state index in [-0.39, 0.29) is 39.2 Å². The minimum atomic E-state index is -5.00. The number of benzene rings is 3. The van der Waals surface area contributed by atoms with Crippen LogP contribution in [-0.4, -0.2) is 63.2 Å². The minimum absolute atomic E-state index is 0.0239. The van der Waals surface area contributed by atoms with Gasteiger partial charge in [0.1, 0.15) is 6.54 Å². The molecule has 0 spiro atoms. The molecule has 1 N–H and O–H groups in total. The number of carbonyl (C=O) groups excluding carboxylic acids is 2. The van der Waals surface area contributed by atoms with Gasteiger partial charge in [0.05, 0.1) is 34.4 Å². The highest BCUT2D eigenvalue weighted by molar-refractivity contribution is 6.32. The first-order valence-electron chi connectivity index (χ1n) is 13.7. The summed E-state index contributed by atoms with van der Waals surface area (Å²) in [6.07, 6.45) is -7.85. The summed E-state index contributed by atoms with van der Waals surface area (Å²) in [5.74, 6) is -1.13. The number of imide groups is 1. The predicted molar refractivity (Wildman–Crippen MR) is 160 cm³/mol. The van der Waals surface area contributed by atoms with Crippen molar-refractivity contribution in [1.29, 1.82) is 0 Å². The molecule has 236 valence electrons. The number of para-hydroxylation sites is 1. The lowest BCUT2D eigenvalue weighted by Gasteiger charge is -2.22. The third-order valence-electron chi connectivity index (χ3n) is 7.39. The molecule has 0 radical (unpaired) electrons. The maximum Gasteiger partial charge on any atom is 0.416 e. The molecule has 11 nitrogen and oxygen atoms in total. The zero-order valence-electron chi connectivity index (χ0n) is 23.7. The first-order chi connectivity index (χ1) is 21.8. The second-order valence-corrected chi connectivity index (χ2v) is 11.2. The third kappa shape index (κ3) is 5.59. The Morgan fingerprint density at radius 2 is 1.48 bits per heavy atom. The summed E-state index contributed by atoms with van der Waals surface area (Å²) in [6.45, 7) is 0.0402. The molecule has 0 bridgehead atoms. The fourth-order valence-electron chi connectivity index (χ4n) is 5.11. The van der Waals surface area contributed by atoms with Gasteiger partial charge in [-0.2, -0.15) is 13.2 Å². The molecule has 6 rings (SSSR count). The fraction of sp³-hybridized carbons (Fsp3) is 0.200. The van der Waals surface area contributed by atoms with Crippen LogP contribution in [0, 0.1) is 0 Å². The number of fused-ring (bicyclic) bond motifs is 1. The fourth-order valence-corrected chi connectivity index (χ4v) is 5.46. The summed E-state index contributed by atoms with van der Waals surface area (Å²) in [6, 6.07) is 17.9. The van der Waals surface area contributed by atoms with Gasteiger partial charge in [-0.25, -0.2) is 19.1 Å². The number of aromatic nitrogens is 6. The monoisotopic (exact) mass is 671 g/mol. The Balaban J connectivity index is 1.43. The first kappa shape index (κ1) is 31.2. The van der Waals surface area contributed by atoms with Crippen LogP contribution in [0.4, 0.5) is 13.2 Å². The molecule has 2 aromatic heterocycles. The van der Waals surface area contributed by atoms with E-state index in [9.17, 15) is 32.7 Å². The Morgan fingerprint density at radius 1 is 0.870 bits per heavy atom. The van der Waals surface area contributed by atoms with Crippen LogP contribution >= 0.6 is 23.2 Å². The van der Waals surface area contributed by atoms with Crippen LogP contribution in [0.15, 0.2) is 77.6 Å². The van der Waals surface area contributed by atoms with Crippen LogP contribution in [0.5, 0.6) is 0 Å². The number of aliphatic hydroxyl groups excluding tert-OH is 1. The van der Waals surface area contributed by atoms with Crippen LogP contribution in [0.25, 0.3) is 17.1 Å². The van der Waals surface area contributed by atoms with Crippen molar-refractivity contribution in [1.82, 2.24) is 34.0 Å². The summed E-state index contributed by atoms with van der Waals surface area (Å²) in [5, 5.41) is 19.2. The summed E-state index contributed by atoms with van der Waals surface area (Å²) in [5.41, 5.74) is 0.114. The van der Waals surface area contributed by atoms with Crippen molar-refractivity contribution in [2.75, 3.05) is 0 Å². The lowest BCUT2D eigenvalue weighted by Crippen LogP contribution is -2.37. The average Bonchev–Trinajstić information content (AvgIpc) is 3.65. The highest BCUT2D eigenvalue weighted by Gasteiger charge is 2.41. The second kappa shape index (κ2) is 11.9. The average molecular weight is 672 g/mol. The summed E-state index contributed by atoms with van der Waals surface area (Å²) < 4.78 is 42.8. The third-order valence-corrected chi connectivity index (χ3v) is 7.96. The SMILES string of the molecule is C[C@H](c1nc(Cn2nc(-c3ccc(Cl)cc3)n(C[C@H](O)C(F)(F)F)c2=O)nn1-c1ccccc1Cl)N1C(=O)c2ccccc2C1=O. The van der Waals surface area contributed by atoms with Gasteiger partial charge in [0, 0.05) is 10.6 Å². The Kier molecular flexibility index (Phi) is 8.04. The molecule has 0 aliphatic carbocycles. The molecule has 16 heteroatoms. The van der Waals surface area contributed by atoms with Crippen LogP contribution in [0.3, 0.4) is 0 Å². The van der Waals surface area contributed by atoms with Crippen molar-refractivity contribution in [3.8, 4) is 17.1 Å². The van der Waals surface area contributed by atoms with E-state index in [0.29, 0.717) is 15.3 Å². The number of aliphatic hydroxyl groups is 1. The van der Waals surface area contributed by atoms with Gasteiger partial charge < -0.3 is 5.11 Å². The topological polar surface area (TPSA) is 128 Å². The standard InChI is InChI=1S/C30H22Cl2F3N7O4/c1-16(41-27(44)19-6-2-3-7-20(19)28(41)45)25-36-24(37-42(25)22-9-5-4-8-21(22)32)15-40-29(46)39(14-23(43)30(33,34)35)26(38-40)17-10-12-18(31)13-11-17/h2-13,16,23,43H,14-15H2,1H3/t16-,23+/m1/s1. The van der Waals surface area contributed by atoms with Crippen molar-refractivity contribution < 1.29 is 27.9 Å². The molecule has 1 aliphatic heterocycles. The molecular formula is C30H22Cl2F3N7O4. The van der Waals surface area contributed by atoms with Gasteiger partial charge in [-0.1, -0.05) is 47.5 Å². The number of nitrogens with zero attached hydrogens (tertiary/aromatic N) is 7. The molecular weight excluding hydrogens is 650 g/mol. The number of halogens is 5. The van der Waals surface area contributed by atoms with Gasteiger partial charge in [0.25, 0.3) is 11.8 Å². The normalized spacial score (nSPS) is 14.5. The van der Waals surface area contributed by atoms with Crippen molar-refractivity contribution in [2.24, 2.45) is 0 Å². The highest BCUT2D eigenvalue weighted by atomic mass is 35.5. The molecule has 0 saturated carbocycles. The number of amides is 2. The number of carbonyl (C=O) groups is 2. The largest absolute Gasteiger partial charge is 0.416 e. The minimum Gasteiger partial charge on any atom is -0.382 e. The van der Waals surface area contributed by atoms with Crippen LogP contribution < -0.4 is 5.69 Å². The highest BCUT2D eigenvalue weighted by Crippen LogP contribution is 2.32. The van der Waals surface area contributed by atoms with E-state index >= 15 is 0 Å². The van der Waals surface area contributed by atoms with E-state index in [1.54, 1.807) is 55.5 Å². The van der Waals surface area contributed by atoms with Gasteiger partial charge in [-0.05, 0) is 55.5 Å². The Labute approximate surface area is 268 Å². The molecule has 5 aromatic rings. The van der Waals surface area contributed by atoms with Crippen LogP contribution in [-0.2, 0) is 13.1 Å². The van der Waals surface area contributed by atoms with E-state index in [4.69, 9.17) is 23.2 Å². The van der Waals surface area contributed by atoms with Crippen LogP contribution in [0.2, 0.25) is 10.0 Å². The van der Waals surface area contributed by atoms with Gasteiger partial charge in [-0.3, -0.25) is 19.1 Å². The van der Waals surface area contributed by atoms with E-state index in [1.807, 2.05) is 0 Å². The molecule has 0 saturated heterocycles. The van der Waals surface area contributed by atoms with Gasteiger partial charge >= 0.3 is 11.9 Å². The maximum atomic E-state index is 13.4. The summed E-state index contributed by atoms with van der Waals surface area (Å²) >= 11 is 12.4. The number of hydrogen-bond acceptors (Lipinski definition) is 7. The van der Waals surface area contributed by atoms with Gasteiger partial charge in [-0.15, -0.1) is 10.2 Å². The van der Waals surface area contributed by atoms with Crippen molar-refractivity contribution >= 4 is 35.0 Å². The van der Waals surface area contributed by atoms with E-state index in [1.165, 1.54) is 28.9 Å². The maximum absolute atomic E-state index is 13.4. The number of hydrogen-bond donors (Lipinski definition) is 1. The van der Waals surface area contributed by atoms with Crippen molar-refractivity contribution in [3.63, 3.8) is 0 Å². The number of rotatable bonds is 8. The Bertz CT molecular complexity index is 2000. The quantitative estimate of drug-likeness (QED) is 0.232. The van der Waals surface area contributed by atoms with Crippen molar-refractivity contribution in [2.45, 2.75) is 38.3 Å². The molecule has 2 amide bonds. The van der Waals surface area contributed by atoms with E-state index < -0.39 is 48.9 Å². The lowest BCUT2D eigenvalue weighted by molar-refractivity contribution is -0.207. The molecule has 2 atom stereocenters. The molecule has 0 fully saturated rings. The molecule has 3 aromatic carbocycles. The van der Waals surface area contributed by atoms with Gasteiger partial charge in [0.15, 0.2) is 23.6 Å².